The standard InChI is InChI=1S/C11H10BrFN4/c1-6-2-3-8(7(13)4-6)15-11-16-9(12)5-10(14)17-11/h2-5H,1H3,(H3,14,15,16,17). The fourth-order valence-corrected chi connectivity index (χ4v) is 1.74. The van der Waals surface area contributed by atoms with E-state index in [4.69, 9.17) is 5.73 Å². The first-order chi connectivity index (χ1) is 8.04. The zero-order valence-electron chi connectivity index (χ0n) is 9.04. The molecule has 0 spiro atoms. The first-order valence-corrected chi connectivity index (χ1v) is 5.67. The summed E-state index contributed by atoms with van der Waals surface area (Å²) in [6, 6.07) is 6.43. The van der Waals surface area contributed by atoms with E-state index in [1.54, 1.807) is 18.2 Å². The van der Waals surface area contributed by atoms with Crippen LogP contribution in [-0.2, 0) is 0 Å². The van der Waals surface area contributed by atoms with Crippen molar-refractivity contribution >= 4 is 33.4 Å². The van der Waals surface area contributed by atoms with Crippen LogP contribution < -0.4 is 11.1 Å². The number of aryl methyl sites for hydroxylation is 1. The predicted octanol–water partition coefficient (Wildman–Crippen LogP) is 3.01. The second kappa shape index (κ2) is 4.67. The lowest BCUT2D eigenvalue weighted by Crippen LogP contribution is -2.02. The number of aromatic nitrogens is 2. The molecule has 0 aliphatic carbocycles. The molecule has 1 aromatic heterocycles. The summed E-state index contributed by atoms with van der Waals surface area (Å²) in [6.07, 6.45) is 0. The maximum absolute atomic E-state index is 13.6. The molecule has 0 bridgehead atoms. The maximum Gasteiger partial charge on any atom is 0.230 e. The molecule has 2 rings (SSSR count). The number of rotatable bonds is 2. The van der Waals surface area contributed by atoms with Crippen molar-refractivity contribution in [2.45, 2.75) is 6.92 Å². The Kier molecular flexibility index (Phi) is 3.23. The number of halogens is 2. The molecule has 17 heavy (non-hydrogen) atoms. The Morgan fingerprint density at radius 1 is 1.29 bits per heavy atom. The molecule has 1 heterocycles. The van der Waals surface area contributed by atoms with Crippen molar-refractivity contribution in [3.63, 3.8) is 0 Å². The topological polar surface area (TPSA) is 63.8 Å². The number of benzene rings is 1. The van der Waals surface area contributed by atoms with Gasteiger partial charge in [0.1, 0.15) is 16.2 Å². The second-order valence-electron chi connectivity index (χ2n) is 3.55. The maximum atomic E-state index is 13.6. The molecule has 0 radical (unpaired) electrons. The Labute approximate surface area is 106 Å². The third-order valence-corrected chi connectivity index (χ3v) is 2.49. The van der Waals surface area contributed by atoms with Gasteiger partial charge in [-0.25, -0.2) is 9.37 Å². The van der Waals surface area contributed by atoms with Crippen LogP contribution in [0.5, 0.6) is 0 Å². The van der Waals surface area contributed by atoms with Gasteiger partial charge in [0.2, 0.25) is 5.95 Å². The van der Waals surface area contributed by atoms with Gasteiger partial charge in [0, 0.05) is 6.07 Å². The van der Waals surface area contributed by atoms with E-state index in [-0.39, 0.29) is 11.8 Å². The highest BCUT2D eigenvalue weighted by Gasteiger charge is 2.05. The van der Waals surface area contributed by atoms with Crippen LogP contribution in [0.2, 0.25) is 0 Å². The first kappa shape index (κ1) is 11.8. The van der Waals surface area contributed by atoms with E-state index in [0.717, 1.165) is 5.56 Å². The quantitative estimate of drug-likeness (QED) is 0.836. The summed E-state index contributed by atoms with van der Waals surface area (Å²) in [5.74, 6) is 0.202. The van der Waals surface area contributed by atoms with Crippen LogP contribution in [0.3, 0.4) is 0 Å². The minimum absolute atomic E-state index is 0.250. The van der Waals surface area contributed by atoms with E-state index in [9.17, 15) is 4.39 Å². The number of hydrogen-bond donors (Lipinski definition) is 2. The first-order valence-electron chi connectivity index (χ1n) is 4.88. The van der Waals surface area contributed by atoms with E-state index in [0.29, 0.717) is 16.1 Å². The van der Waals surface area contributed by atoms with Crippen LogP contribution >= 0.6 is 15.9 Å². The molecule has 0 aliphatic rings. The van der Waals surface area contributed by atoms with Gasteiger partial charge in [0.05, 0.1) is 5.69 Å². The molecule has 0 aliphatic heterocycles. The molecule has 3 N–H and O–H groups in total. The molecule has 0 fully saturated rings. The number of anilines is 3. The summed E-state index contributed by atoms with van der Waals surface area (Å²) >= 11 is 3.19. The highest BCUT2D eigenvalue weighted by atomic mass is 79.9. The van der Waals surface area contributed by atoms with E-state index in [1.807, 2.05) is 6.92 Å². The molecule has 0 saturated carbocycles. The lowest BCUT2D eigenvalue weighted by atomic mass is 10.2. The monoisotopic (exact) mass is 296 g/mol. The highest BCUT2D eigenvalue weighted by Crippen LogP contribution is 2.20. The fourth-order valence-electron chi connectivity index (χ4n) is 1.33. The molecule has 0 unspecified atom stereocenters. The smallest absolute Gasteiger partial charge is 0.230 e. The highest BCUT2D eigenvalue weighted by molar-refractivity contribution is 9.10. The van der Waals surface area contributed by atoms with Gasteiger partial charge < -0.3 is 11.1 Å². The van der Waals surface area contributed by atoms with Crippen LogP contribution in [0, 0.1) is 12.7 Å². The van der Waals surface area contributed by atoms with Gasteiger partial charge in [-0.2, -0.15) is 4.98 Å². The second-order valence-corrected chi connectivity index (χ2v) is 4.36. The molecule has 2 aromatic rings. The van der Waals surface area contributed by atoms with E-state index in [2.05, 4.69) is 31.2 Å². The SMILES string of the molecule is Cc1ccc(Nc2nc(N)cc(Br)n2)c(F)c1. The van der Waals surface area contributed by atoms with Crippen molar-refractivity contribution in [3.8, 4) is 0 Å². The minimum Gasteiger partial charge on any atom is -0.383 e. The van der Waals surface area contributed by atoms with Crippen LogP contribution in [-0.4, -0.2) is 9.97 Å². The molecular weight excluding hydrogens is 287 g/mol. The lowest BCUT2D eigenvalue weighted by Gasteiger charge is -2.07. The lowest BCUT2D eigenvalue weighted by molar-refractivity contribution is 0.630. The molecular formula is C11H10BrFN4. The van der Waals surface area contributed by atoms with Crippen molar-refractivity contribution in [1.82, 2.24) is 9.97 Å². The number of nitrogens with two attached hydrogens (primary N) is 1. The minimum atomic E-state index is -0.354. The largest absolute Gasteiger partial charge is 0.383 e. The zero-order chi connectivity index (χ0) is 12.4. The fraction of sp³-hybridized carbons (Fsp3) is 0.0909. The third-order valence-electron chi connectivity index (χ3n) is 2.09. The molecule has 0 amide bonds. The van der Waals surface area contributed by atoms with E-state index in [1.165, 1.54) is 6.07 Å². The Morgan fingerprint density at radius 3 is 2.71 bits per heavy atom. The normalized spacial score (nSPS) is 10.3. The van der Waals surface area contributed by atoms with Crippen molar-refractivity contribution < 1.29 is 4.39 Å². The van der Waals surface area contributed by atoms with Crippen molar-refractivity contribution in [2.75, 3.05) is 11.1 Å². The number of nitrogens with one attached hydrogen (secondary N) is 1. The molecule has 88 valence electrons. The molecule has 0 atom stereocenters. The van der Waals surface area contributed by atoms with Crippen LogP contribution in [0.4, 0.5) is 21.8 Å². The van der Waals surface area contributed by atoms with Crippen molar-refractivity contribution in [2.24, 2.45) is 0 Å². The van der Waals surface area contributed by atoms with Crippen molar-refractivity contribution in [3.05, 3.63) is 40.2 Å². The average molecular weight is 297 g/mol. The molecule has 4 nitrogen and oxygen atoms in total. The predicted molar refractivity (Wildman–Crippen MR) is 68.6 cm³/mol. The van der Waals surface area contributed by atoms with Gasteiger partial charge in [0.25, 0.3) is 0 Å². The van der Waals surface area contributed by atoms with Crippen LogP contribution in [0.15, 0.2) is 28.9 Å². The summed E-state index contributed by atoms with van der Waals surface area (Å²) in [7, 11) is 0. The summed E-state index contributed by atoms with van der Waals surface area (Å²) in [5.41, 5.74) is 6.72. The van der Waals surface area contributed by atoms with Gasteiger partial charge in [-0.05, 0) is 40.5 Å². The van der Waals surface area contributed by atoms with Crippen LogP contribution in [0.25, 0.3) is 0 Å². The van der Waals surface area contributed by atoms with Crippen molar-refractivity contribution in [1.29, 1.82) is 0 Å². The van der Waals surface area contributed by atoms with E-state index < -0.39 is 0 Å². The Balaban J connectivity index is 2.31. The Hall–Kier alpha value is -1.69. The van der Waals surface area contributed by atoms with Gasteiger partial charge in [-0.3, -0.25) is 0 Å². The summed E-state index contributed by atoms with van der Waals surface area (Å²) in [5, 5.41) is 2.77. The summed E-state index contributed by atoms with van der Waals surface area (Å²) in [4.78, 5) is 7.99. The number of nitrogens with zero attached hydrogens (tertiary/aromatic N) is 2. The number of hydrogen-bond acceptors (Lipinski definition) is 4. The third kappa shape index (κ3) is 2.91. The number of nitrogen functional groups attached to an aromatic ring is 1. The van der Waals surface area contributed by atoms with Gasteiger partial charge >= 0.3 is 0 Å². The Morgan fingerprint density at radius 2 is 2.06 bits per heavy atom. The summed E-state index contributed by atoms with van der Waals surface area (Å²) < 4.78 is 14.1. The van der Waals surface area contributed by atoms with E-state index >= 15 is 0 Å². The molecule has 0 saturated heterocycles. The van der Waals surface area contributed by atoms with Gasteiger partial charge in [-0.1, -0.05) is 6.07 Å². The van der Waals surface area contributed by atoms with Crippen LogP contribution in [0.1, 0.15) is 5.56 Å². The Bertz CT molecular complexity index is 539. The average Bonchev–Trinajstić information content (AvgIpc) is 2.21. The van der Waals surface area contributed by atoms with Gasteiger partial charge in [0.15, 0.2) is 0 Å². The summed E-state index contributed by atoms with van der Waals surface area (Å²) in [6.45, 7) is 1.82. The molecule has 1 aromatic carbocycles. The van der Waals surface area contributed by atoms with Gasteiger partial charge in [-0.15, -0.1) is 0 Å². The zero-order valence-corrected chi connectivity index (χ0v) is 10.6. The molecule has 6 heteroatoms.